The molecule has 0 aliphatic carbocycles. The van der Waals surface area contributed by atoms with Gasteiger partial charge in [-0.05, 0) is 29.1 Å². The molecule has 0 saturated heterocycles. The van der Waals surface area contributed by atoms with Gasteiger partial charge >= 0.3 is 6.61 Å². The zero-order valence-corrected chi connectivity index (χ0v) is 9.66. The summed E-state index contributed by atoms with van der Waals surface area (Å²) in [6.45, 7) is -2.82. The van der Waals surface area contributed by atoms with Crippen LogP contribution in [-0.2, 0) is 0 Å². The number of rotatable bonds is 4. The van der Waals surface area contributed by atoms with Gasteiger partial charge in [0.05, 0.1) is 6.04 Å². The van der Waals surface area contributed by atoms with Crippen molar-refractivity contribution >= 4 is 11.3 Å². The molecule has 0 aliphatic rings. The Morgan fingerprint density at radius 1 is 1.18 bits per heavy atom. The molecule has 0 fully saturated rings. The van der Waals surface area contributed by atoms with Gasteiger partial charge in [0.25, 0.3) is 0 Å². The molecule has 2 N–H and O–H groups in total. The predicted octanol–water partition coefficient (Wildman–Crippen LogP) is 3.40. The minimum absolute atomic E-state index is 0.129. The number of hydrogen-bond donors (Lipinski definition) is 1. The minimum Gasteiger partial charge on any atom is -0.435 e. The normalized spacial score (nSPS) is 12.7. The zero-order chi connectivity index (χ0) is 12.3. The third-order valence-corrected chi connectivity index (χ3v) is 3.25. The number of benzene rings is 1. The van der Waals surface area contributed by atoms with Crippen molar-refractivity contribution in [2.75, 3.05) is 0 Å². The van der Waals surface area contributed by atoms with Gasteiger partial charge < -0.3 is 10.5 Å². The van der Waals surface area contributed by atoms with E-state index in [1.807, 2.05) is 17.5 Å². The van der Waals surface area contributed by atoms with Crippen molar-refractivity contribution in [2.45, 2.75) is 12.7 Å². The third kappa shape index (κ3) is 3.01. The van der Waals surface area contributed by atoms with Crippen LogP contribution in [0.4, 0.5) is 8.78 Å². The smallest absolute Gasteiger partial charge is 0.387 e. The molecule has 1 atom stereocenters. The van der Waals surface area contributed by atoms with E-state index in [0.29, 0.717) is 0 Å². The van der Waals surface area contributed by atoms with E-state index in [1.54, 1.807) is 12.1 Å². The van der Waals surface area contributed by atoms with Gasteiger partial charge in [0.2, 0.25) is 0 Å². The molecule has 1 unspecified atom stereocenters. The predicted molar refractivity (Wildman–Crippen MR) is 63.4 cm³/mol. The fourth-order valence-corrected chi connectivity index (χ4v) is 2.27. The summed E-state index contributed by atoms with van der Waals surface area (Å²) in [7, 11) is 0. The maximum absolute atomic E-state index is 12.1. The first-order chi connectivity index (χ1) is 8.16. The van der Waals surface area contributed by atoms with Gasteiger partial charge in [-0.15, -0.1) is 11.3 Å². The second-order valence-corrected chi connectivity index (χ2v) is 4.42. The topological polar surface area (TPSA) is 35.2 Å². The van der Waals surface area contributed by atoms with Gasteiger partial charge in [0.1, 0.15) is 5.75 Å². The summed E-state index contributed by atoms with van der Waals surface area (Å²) in [6.07, 6.45) is 0. The van der Waals surface area contributed by atoms with Crippen molar-refractivity contribution in [1.82, 2.24) is 0 Å². The molecule has 0 aliphatic heterocycles. The van der Waals surface area contributed by atoms with Gasteiger partial charge in [-0.2, -0.15) is 8.78 Å². The molecule has 1 heterocycles. The number of halogens is 2. The standard InChI is InChI=1S/C12H11F2NOS/c13-12(14)16-9-4-1-3-8(7-9)11(15)10-5-2-6-17-10/h1-7,11-12H,15H2. The van der Waals surface area contributed by atoms with Gasteiger partial charge in [-0.25, -0.2) is 0 Å². The van der Waals surface area contributed by atoms with Crippen molar-refractivity contribution < 1.29 is 13.5 Å². The quantitative estimate of drug-likeness (QED) is 0.908. The van der Waals surface area contributed by atoms with Crippen molar-refractivity contribution in [3.63, 3.8) is 0 Å². The summed E-state index contributed by atoms with van der Waals surface area (Å²) < 4.78 is 28.5. The van der Waals surface area contributed by atoms with Crippen LogP contribution in [0.5, 0.6) is 5.75 Å². The molecule has 1 aromatic heterocycles. The SMILES string of the molecule is NC(c1cccc(OC(F)F)c1)c1cccs1. The second kappa shape index (κ2) is 5.25. The van der Waals surface area contributed by atoms with E-state index in [1.165, 1.54) is 23.5 Å². The van der Waals surface area contributed by atoms with Crippen LogP contribution in [0, 0.1) is 0 Å². The highest BCUT2D eigenvalue weighted by molar-refractivity contribution is 7.10. The van der Waals surface area contributed by atoms with Gasteiger partial charge in [0, 0.05) is 4.88 Å². The summed E-state index contributed by atoms with van der Waals surface area (Å²) in [5.41, 5.74) is 6.78. The minimum atomic E-state index is -2.82. The highest BCUT2D eigenvalue weighted by Crippen LogP contribution is 2.26. The maximum atomic E-state index is 12.1. The fourth-order valence-electron chi connectivity index (χ4n) is 1.52. The molecular formula is C12H11F2NOS. The summed E-state index contributed by atoms with van der Waals surface area (Å²) in [5, 5.41) is 1.93. The van der Waals surface area contributed by atoms with E-state index in [4.69, 9.17) is 5.73 Å². The first kappa shape index (κ1) is 12.0. The maximum Gasteiger partial charge on any atom is 0.387 e. The van der Waals surface area contributed by atoms with Crippen LogP contribution in [0.25, 0.3) is 0 Å². The second-order valence-electron chi connectivity index (χ2n) is 3.44. The third-order valence-electron chi connectivity index (χ3n) is 2.29. The first-order valence-corrected chi connectivity index (χ1v) is 5.88. The Kier molecular flexibility index (Phi) is 3.71. The Morgan fingerprint density at radius 3 is 2.65 bits per heavy atom. The van der Waals surface area contributed by atoms with Crippen LogP contribution in [0.3, 0.4) is 0 Å². The summed E-state index contributed by atoms with van der Waals surface area (Å²) in [4.78, 5) is 0.985. The molecule has 5 heteroatoms. The molecular weight excluding hydrogens is 244 g/mol. The average Bonchev–Trinajstić information content (AvgIpc) is 2.81. The van der Waals surface area contributed by atoms with E-state index in [0.717, 1.165) is 10.4 Å². The van der Waals surface area contributed by atoms with Crippen molar-refractivity contribution in [3.05, 3.63) is 52.2 Å². The first-order valence-electron chi connectivity index (χ1n) is 5.00. The molecule has 90 valence electrons. The van der Waals surface area contributed by atoms with Crippen molar-refractivity contribution in [3.8, 4) is 5.75 Å². The Balaban J connectivity index is 2.21. The molecule has 2 rings (SSSR count). The van der Waals surface area contributed by atoms with Crippen LogP contribution in [0.15, 0.2) is 41.8 Å². The van der Waals surface area contributed by atoms with Gasteiger partial charge in [0.15, 0.2) is 0 Å². The Hall–Kier alpha value is -1.46. The van der Waals surface area contributed by atoms with E-state index in [9.17, 15) is 8.78 Å². The van der Waals surface area contributed by atoms with Crippen LogP contribution in [0.1, 0.15) is 16.5 Å². The van der Waals surface area contributed by atoms with Crippen LogP contribution >= 0.6 is 11.3 Å². The highest BCUT2D eigenvalue weighted by Gasteiger charge is 2.11. The largest absolute Gasteiger partial charge is 0.435 e. The molecule has 0 radical (unpaired) electrons. The van der Waals surface area contributed by atoms with E-state index in [-0.39, 0.29) is 11.8 Å². The molecule has 0 saturated carbocycles. The van der Waals surface area contributed by atoms with E-state index < -0.39 is 6.61 Å². The highest BCUT2D eigenvalue weighted by atomic mass is 32.1. The fraction of sp³-hybridized carbons (Fsp3) is 0.167. The average molecular weight is 255 g/mol. The molecule has 1 aromatic carbocycles. The summed E-state index contributed by atoms with van der Waals surface area (Å²) >= 11 is 1.53. The molecule has 2 aromatic rings. The van der Waals surface area contributed by atoms with Gasteiger partial charge in [-0.1, -0.05) is 18.2 Å². The summed E-state index contributed by atoms with van der Waals surface area (Å²) in [6, 6.07) is 9.97. The number of alkyl halides is 2. The lowest BCUT2D eigenvalue weighted by Gasteiger charge is -2.12. The Labute approximate surface area is 102 Å². The molecule has 0 amide bonds. The molecule has 0 bridgehead atoms. The lowest BCUT2D eigenvalue weighted by atomic mass is 10.1. The van der Waals surface area contributed by atoms with Crippen LogP contribution < -0.4 is 10.5 Å². The van der Waals surface area contributed by atoms with Gasteiger partial charge in [-0.3, -0.25) is 0 Å². The van der Waals surface area contributed by atoms with E-state index >= 15 is 0 Å². The monoisotopic (exact) mass is 255 g/mol. The summed E-state index contributed by atoms with van der Waals surface area (Å²) in [5.74, 6) is 0.129. The molecule has 2 nitrogen and oxygen atoms in total. The van der Waals surface area contributed by atoms with Crippen LogP contribution in [-0.4, -0.2) is 6.61 Å². The van der Waals surface area contributed by atoms with Crippen molar-refractivity contribution in [1.29, 1.82) is 0 Å². The lowest BCUT2D eigenvalue weighted by molar-refractivity contribution is -0.0498. The molecule has 17 heavy (non-hydrogen) atoms. The molecule has 0 spiro atoms. The Bertz CT molecular complexity index is 473. The number of nitrogens with two attached hydrogens (primary N) is 1. The zero-order valence-electron chi connectivity index (χ0n) is 8.85. The lowest BCUT2D eigenvalue weighted by Crippen LogP contribution is -2.10. The number of hydrogen-bond acceptors (Lipinski definition) is 3. The van der Waals surface area contributed by atoms with E-state index in [2.05, 4.69) is 4.74 Å². The van der Waals surface area contributed by atoms with Crippen LogP contribution in [0.2, 0.25) is 0 Å². The van der Waals surface area contributed by atoms with Crippen molar-refractivity contribution in [2.24, 2.45) is 5.73 Å². The Morgan fingerprint density at radius 2 is 2.00 bits per heavy atom. The number of ether oxygens (including phenoxy) is 1. The number of thiophene rings is 1.